The van der Waals surface area contributed by atoms with Crippen molar-refractivity contribution in [3.8, 4) is 5.69 Å². The first kappa shape index (κ1) is 17.5. The predicted octanol–water partition coefficient (Wildman–Crippen LogP) is 4.25. The summed E-state index contributed by atoms with van der Waals surface area (Å²) in [7, 11) is 0. The third kappa shape index (κ3) is 3.25. The molecule has 4 aromatic rings. The van der Waals surface area contributed by atoms with Crippen molar-refractivity contribution in [2.24, 2.45) is 0 Å². The topological polar surface area (TPSA) is 48.0 Å². The summed E-state index contributed by atoms with van der Waals surface area (Å²) in [6.45, 7) is 8.42. The maximum absolute atomic E-state index is 4.79. The molecule has 0 amide bonds. The van der Waals surface area contributed by atoms with E-state index in [0.717, 1.165) is 47.7 Å². The molecule has 0 radical (unpaired) electrons. The molecule has 0 bridgehead atoms. The average Bonchev–Trinajstić information content (AvgIpc) is 3.28. The highest BCUT2D eigenvalue weighted by Crippen LogP contribution is 2.22. The molecule has 0 aliphatic heterocycles. The Balaban J connectivity index is 1.68. The van der Waals surface area contributed by atoms with Crippen molar-refractivity contribution in [3.63, 3.8) is 0 Å². The van der Waals surface area contributed by atoms with E-state index in [-0.39, 0.29) is 0 Å². The summed E-state index contributed by atoms with van der Waals surface area (Å²) in [4.78, 5) is 4.76. The number of benzene rings is 1. The van der Waals surface area contributed by atoms with Gasteiger partial charge in [-0.25, -0.2) is 14.2 Å². The van der Waals surface area contributed by atoms with E-state index in [1.165, 1.54) is 16.7 Å². The van der Waals surface area contributed by atoms with Crippen LogP contribution in [-0.4, -0.2) is 24.4 Å². The molecule has 1 aromatic carbocycles. The second kappa shape index (κ2) is 6.99. The van der Waals surface area contributed by atoms with E-state index >= 15 is 0 Å². The highest BCUT2D eigenvalue weighted by molar-refractivity contribution is 5.54. The highest BCUT2D eigenvalue weighted by Gasteiger charge is 2.15. The Labute approximate surface area is 159 Å². The van der Waals surface area contributed by atoms with Crippen molar-refractivity contribution in [1.29, 1.82) is 0 Å². The molecule has 138 valence electrons. The Morgan fingerprint density at radius 2 is 1.74 bits per heavy atom. The van der Waals surface area contributed by atoms with Gasteiger partial charge in [-0.2, -0.15) is 10.2 Å². The number of nitrogens with zero attached hydrogens (tertiary/aromatic N) is 5. The zero-order valence-corrected chi connectivity index (χ0v) is 16.4. The van der Waals surface area contributed by atoms with Gasteiger partial charge in [0.05, 0.1) is 17.6 Å². The molecule has 4 rings (SSSR count). The fourth-order valence-electron chi connectivity index (χ4n) is 3.53. The number of fused-ring (bicyclic) bond motifs is 1. The van der Waals surface area contributed by atoms with Gasteiger partial charge in [-0.05, 0) is 56.0 Å². The molecule has 0 aliphatic carbocycles. The van der Waals surface area contributed by atoms with Crippen LogP contribution < -0.4 is 0 Å². The first-order valence-corrected chi connectivity index (χ1v) is 9.56. The summed E-state index contributed by atoms with van der Waals surface area (Å²) < 4.78 is 3.91. The van der Waals surface area contributed by atoms with Crippen molar-refractivity contribution < 1.29 is 0 Å². The molecule has 0 N–H and O–H groups in total. The summed E-state index contributed by atoms with van der Waals surface area (Å²) in [5, 5.41) is 9.23. The quantitative estimate of drug-likeness (QED) is 0.535. The Hall–Kier alpha value is -2.95. The molecule has 3 heterocycles. The van der Waals surface area contributed by atoms with Gasteiger partial charge in [0, 0.05) is 29.6 Å². The molecular formula is C22H25N5. The van der Waals surface area contributed by atoms with E-state index in [2.05, 4.69) is 62.4 Å². The van der Waals surface area contributed by atoms with Crippen molar-refractivity contribution in [3.05, 3.63) is 76.5 Å². The van der Waals surface area contributed by atoms with Gasteiger partial charge in [-0.3, -0.25) is 0 Å². The van der Waals surface area contributed by atoms with Crippen LogP contribution in [0.2, 0.25) is 0 Å². The Morgan fingerprint density at radius 1 is 0.963 bits per heavy atom. The third-order valence-electron chi connectivity index (χ3n) is 5.03. The van der Waals surface area contributed by atoms with Crippen LogP contribution in [-0.2, 0) is 19.3 Å². The van der Waals surface area contributed by atoms with Gasteiger partial charge in [-0.15, -0.1) is 0 Å². The molecule has 0 unspecified atom stereocenters. The van der Waals surface area contributed by atoms with Gasteiger partial charge in [0.1, 0.15) is 0 Å². The average molecular weight is 359 g/mol. The highest BCUT2D eigenvalue weighted by atomic mass is 15.3. The first-order valence-electron chi connectivity index (χ1n) is 9.56. The van der Waals surface area contributed by atoms with Crippen LogP contribution in [0.4, 0.5) is 0 Å². The molecule has 0 atom stereocenters. The summed E-state index contributed by atoms with van der Waals surface area (Å²) in [6, 6.07) is 10.7. The van der Waals surface area contributed by atoms with Crippen molar-refractivity contribution >= 4 is 5.65 Å². The van der Waals surface area contributed by atoms with Crippen LogP contribution in [0.3, 0.4) is 0 Å². The van der Waals surface area contributed by atoms with Crippen LogP contribution >= 0.6 is 0 Å². The molecule has 0 fully saturated rings. The molecule has 3 aromatic heterocycles. The van der Waals surface area contributed by atoms with Crippen LogP contribution in [0, 0.1) is 13.8 Å². The van der Waals surface area contributed by atoms with Gasteiger partial charge in [-0.1, -0.05) is 26.0 Å². The smallest absolute Gasteiger partial charge is 0.159 e. The Kier molecular flexibility index (Phi) is 4.52. The van der Waals surface area contributed by atoms with Crippen LogP contribution in [0.5, 0.6) is 0 Å². The lowest BCUT2D eigenvalue weighted by Crippen LogP contribution is -1.99. The molecule has 0 aliphatic rings. The maximum atomic E-state index is 4.79. The number of aromatic nitrogens is 5. The number of rotatable bonds is 5. The lowest BCUT2D eigenvalue weighted by molar-refractivity contribution is 0.849. The third-order valence-corrected chi connectivity index (χ3v) is 5.03. The lowest BCUT2D eigenvalue weighted by atomic mass is 10.0. The molecule has 0 spiro atoms. The minimum atomic E-state index is 0.835. The van der Waals surface area contributed by atoms with E-state index in [4.69, 9.17) is 10.1 Å². The largest absolute Gasteiger partial charge is 0.241 e. The number of hydrogen-bond donors (Lipinski definition) is 0. The second-order valence-corrected chi connectivity index (χ2v) is 7.04. The van der Waals surface area contributed by atoms with E-state index in [1.54, 1.807) is 0 Å². The molecule has 0 saturated carbocycles. The standard InChI is InChI=1S/C22H25N5/c1-5-17-13-23-26(14-17)19-9-7-18(8-10-19)12-20-21(6-2)25-27-16(4)11-15(3)24-22(20)27/h7-11,13-14H,5-6,12H2,1-4H3. The van der Waals surface area contributed by atoms with Gasteiger partial charge in [0.2, 0.25) is 0 Å². The normalized spacial score (nSPS) is 11.4. The Bertz CT molecular complexity index is 1090. The second-order valence-electron chi connectivity index (χ2n) is 7.04. The zero-order valence-electron chi connectivity index (χ0n) is 16.4. The van der Waals surface area contributed by atoms with Gasteiger partial charge < -0.3 is 0 Å². The van der Waals surface area contributed by atoms with Crippen molar-refractivity contribution in [2.75, 3.05) is 0 Å². The Morgan fingerprint density at radius 3 is 2.41 bits per heavy atom. The van der Waals surface area contributed by atoms with Crippen molar-refractivity contribution in [1.82, 2.24) is 24.4 Å². The van der Waals surface area contributed by atoms with E-state index in [0.29, 0.717) is 0 Å². The minimum absolute atomic E-state index is 0.835. The lowest BCUT2D eigenvalue weighted by Gasteiger charge is -2.06. The molecule has 5 nitrogen and oxygen atoms in total. The van der Waals surface area contributed by atoms with E-state index in [1.807, 2.05) is 22.3 Å². The molecule has 27 heavy (non-hydrogen) atoms. The number of hydrogen-bond acceptors (Lipinski definition) is 3. The number of aryl methyl sites for hydroxylation is 4. The molecular weight excluding hydrogens is 334 g/mol. The van der Waals surface area contributed by atoms with Gasteiger partial charge >= 0.3 is 0 Å². The van der Waals surface area contributed by atoms with E-state index in [9.17, 15) is 0 Å². The van der Waals surface area contributed by atoms with Gasteiger partial charge in [0.15, 0.2) is 5.65 Å². The van der Waals surface area contributed by atoms with Crippen LogP contribution in [0.25, 0.3) is 11.3 Å². The van der Waals surface area contributed by atoms with Gasteiger partial charge in [0.25, 0.3) is 0 Å². The predicted molar refractivity (Wildman–Crippen MR) is 108 cm³/mol. The van der Waals surface area contributed by atoms with Crippen molar-refractivity contribution in [2.45, 2.75) is 47.0 Å². The maximum Gasteiger partial charge on any atom is 0.159 e. The zero-order chi connectivity index (χ0) is 19.0. The SMILES string of the molecule is CCc1cnn(-c2ccc(Cc3c(CC)nn4c(C)cc(C)nc34)cc2)c1. The fraction of sp³-hybridized carbons (Fsp3) is 0.318. The summed E-state index contributed by atoms with van der Waals surface area (Å²) in [6.07, 6.45) is 6.75. The minimum Gasteiger partial charge on any atom is -0.241 e. The molecule has 0 saturated heterocycles. The van der Waals surface area contributed by atoms with Crippen LogP contribution in [0.1, 0.15) is 47.6 Å². The van der Waals surface area contributed by atoms with E-state index < -0.39 is 0 Å². The summed E-state index contributed by atoms with van der Waals surface area (Å²) >= 11 is 0. The summed E-state index contributed by atoms with van der Waals surface area (Å²) in [5.41, 5.74) is 9.07. The summed E-state index contributed by atoms with van der Waals surface area (Å²) in [5.74, 6) is 0. The first-order chi connectivity index (χ1) is 13.1. The monoisotopic (exact) mass is 359 g/mol. The fourth-order valence-corrected chi connectivity index (χ4v) is 3.53. The molecule has 5 heteroatoms. The van der Waals surface area contributed by atoms with Crippen LogP contribution in [0.15, 0.2) is 42.7 Å².